The first-order valence-corrected chi connectivity index (χ1v) is 19.6. The van der Waals surface area contributed by atoms with Gasteiger partial charge in [-0.05, 0) is 0 Å². The van der Waals surface area contributed by atoms with Gasteiger partial charge in [-0.2, -0.15) is 0 Å². The third-order valence-corrected chi connectivity index (χ3v) is 7.68. The summed E-state index contributed by atoms with van der Waals surface area (Å²) in [4.78, 5) is 4.35. The van der Waals surface area contributed by atoms with E-state index in [0.717, 1.165) is 0 Å². The van der Waals surface area contributed by atoms with Gasteiger partial charge in [-0.25, -0.2) is 0 Å². The van der Waals surface area contributed by atoms with Crippen molar-refractivity contribution in [2.24, 2.45) is 0 Å². The number of rotatable bonds is 2. The zero-order valence-electron chi connectivity index (χ0n) is 6.91. The molecule has 0 aromatic rings. The molecule has 10 heavy (non-hydrogen) atoms. The standard InChI is InChI=1S/C6H14Cl2Ge2/c1-9(2,7)5-6-10(3,4)8/h5-6H,1-4H3. The van der Waals surface area contributed by atoms with Crippen molar-refractivity contribution >= 4 is 44.7 Å². The van der Waals surface area contributed by atoms with Gasteiger partial charge in [0.05, 0.1) is 0 Å². The van der Waals surface area contributed by atoms with E-state index in [9.17, 15) is 0 Å². The van der Waals surface area contributed by atoms with Crippen LogP contribution < -0.4 is 0 Å². The molecule has 0 N–H and O–H groups in total. The van der Waals surface area contributed by atoms with Crippen LogP contribution in [0.25, 0.3) is 0 Å². The van der Waals surface area contributed by atoms with Gasteiger partial charge in [-0.15, -0.1) is 0 Å². The molecule has 0 aliphatic heterocycles. The SMILES string of the molecule is [CH3][Ge]([CH3])([Cl])[CH]=[CH][Ge]([CH3])([CH3])[Cl]. The number of halogens is 2. The van der Waals surface area contributed by atoms with E-state index in [4.69, 9.17) is 20.0 Å². The fourth-order valence-corrected chi connectivity index (χ4v) is 14.1. The molecule has 0 heterocycles. The number of hydrogen-bond acceptors (Lipinski definition) is 0. The maximum absolute atomic E-state index is 6.11. The molecule has 60 valence electrons. The van der Waals surface area contributed by atoms with Gasteiger partial charge < -0.3 is 0 Å². The molecule has 0 saturated heterocycles. The first kappa shape index (κ1) is 11.4. The minimum atomic E-state index is -1.96. The van der Waals surface area contributed by atoms with E-state index in [0.29, 0.717) is 0 Å². The molecular formula is C6H14Cl2Ge2. The Bertz CT molecular complexity index is 114. The third-order valence-electron chi connectivity index (χ3n) is 0.876. The van der Waals surface area contributed by atoms with Gasteiger partial charge in [0.25, 0.3) is 0 Å². The van der Waals surface area contributed by atoms with Crippen molar-refractivity contribution in [2.75, 3.05) is 0 Å². The van der Waals surface area contributed by atoms with Gasteiger partial charge in [0.15, 0.2) is 0 Å². The average molecular weight is 302 g/mol. The van der Waals surface area contributed by atoms with Crippen LogP contribution in [-0.4, -0.2) is 24.7 Å². The van der Waals surface area contributed by atoms with Gasteiger partial charge >= 0.3 is 77.5 Å². The van der Waals surface area contributed by atoms with E-state index in [1.807, 2.05) is 0 Å². The van der Waals surface area contributed by atoms with Crippen LogP contribution in [0.1, 0.15) is 0 Å². The van der Waals surface area contributed by atoms with Crippen LogP contribution in [0.2, 0.25) is 23.0 Å². The molecule has 0 rings (SSSR count). The van der Waals surface area contributed by atoms with Crippen molar-refractivity contribution in [3.8, 4) is 0 Å². The average Bonchev–Trinajstić information content (AvgIpc) is 1.57. The summed E-state index contributed by atoms with van der Waals surface area (Å²) in [5, 5.41) is 0. The second-order valence-electron chi connectivity index (χ2n) is 3.46. The molecule has 4 heteroatoms. The minimum absolute atomic E-state index is 1.96. The summed E-state index contributed by atoms with van der Waals surface area (Å²) >= 11 is -3.92. The van der Waals surface area contributed by atoms with Crippen LogP contribution in [0.5, 0.6) is 0 Å². The summed E-state index contributed by atoms with van der Waals surface area (Å²) < 4.78 is 0. The predicted octanol–water partition coefficient (Wildman–Crippen LogP) is 3.51. The fourth-order valence-electron chi connectivity index (χ4n) is 0.396. The Morgan fingerprint density at radius 3 is 1.10 bits per heavy atom. The third kappa shape index (κ3) is 9.41. The Labute approximate surface area is 77.1 Å². The summed E-state index contributed by atoms with van der Waals surface area (Å²) in [6.45, 7) is 0. The molecule has 0 atom stereocenters. The topological polar surface area (TPSA) is 0 Å². The Kier molecular flexibility index (Phi) is 4.42. The molecule has 0 aromatic heterocycles. The molecule has 0 unspecified atom stereocenters. The van der Waals surface area contributed by atoms with E-state index >= 15 is 0 Å². The molecule has 0 nitrogen and oxygen atoms in total. The maximum atomic E-state index is 6.11. The van der Waals surface area contributed by atoms with Crippen LogP contribution in [0.15, 0.2) is 9.82 Å². The van der Waals surface area contributed by atoms with Crippen LogP contribution in [0.4, 0.5) is 0 Å². The molecule has 0 aliphatic rings. The summed E-state index contributed by atoms with van der Waals surface area (Å²) in [5.41, 5.74) is 0. The Balaban J connectivity index is 4.01. The predicted molar refractivity (Wildman–Crippen MR) is 55.8 cm³/mol. The van der Waals surface area contributed by atoms with Crippen LogP contribution in [-0.2, 0) is 0 Å². The summed E-state index contributed by atoms with van der Waals surface area (Å²) in [6.07, 6.45) is 0. The van der Waals surface area contributed by atoms with E-state index in [2.05, 4.69) is 32.8 Å². The monoisotopic (exact) mass is 304 g/mol. The summed E-state index contributed by atoms with van der Waals surface area (Å²) in [6, 6.07) is 0. The van der Waals surface area contributed by atoms with Gasteiger partial charge in [0.1, 0.15) is 0 Å². The number of hydrogen-bond donors (Lipinski definition) is 0. The molecule has 0 bridgehead atoms. The van der Waals surface area contributed by atoms with E-state index in [-0.39, 0.29) is 0 Å². The van der Waals surface area contributed by atoms with Crippen molar-refractivity contribution in [2.45, 2.75) is 23.0 Å². The summed E-state index contributed by atoms with van der Waals surface area (Å²) in [5.74, 6) is 8.57. The molecule has 0 spiro atoms. The van der Waals surface area contributed by atoms with Crippen molar-refractivity contribution in [3.05, 3.63) is 9.82 Å². The normalized spacial score (nSPS) is 14.6. The van der Waals surface area contributed by atoms with Crippen molar-refractivity contribution in [1.29, 1.82) is 0 Å². The van der Waals surface area contributed by atoms with Crippen molar-refractivity contribution in [3.63, 3.8) is 0 Å². The first-order valence-electron chi connectivity index (χ1n) is 3.29. The van der Waals surface area contributed by atoms with E-state index in [1.54, 1.807) is 0 Å². The van der Waals surface area contributed by atoms with Crippen LogP contribution in [0, 0.1) is 0 Å². The zero-order valence-corrected chi connectivity index (χ0v) is 12.6. The molecule has 0 amide bonds. The van der Waals surface area contributed by atoms with Crippen LogP contribution >= 0.6 is 20.0 Å². The van der Waals surface area contributed by atoms with Gasteiger partial charge in [0.2, 0.25) is 0 Å². The zero-order chi connectivity index (χ0) is 8.41. The Hall–Kier alpha value is 1.41. The molecule has 0 fully saturated rings. The summed E-state index contributed by atoms with van der Waals surface area (Å²) in [7, 11) is 12.2. The molecular weight excluding hydrogens is 288 g/mol. The van der Waals surface area contributed by atoms with Gasteiger partial charge in [-0.3, -0.25) is 0 Å². The molecule has 0 radical (unpaired) electrons. The molecule has 0 aromatic carbocycles. The van der Waals surface area contributed by atoms with E-state index in [1.165, 1.54) is 0 Å². The second-order valence-corrected chi connectivity index (χ2v) is 28.1. The van der Waals surface area contributed by atoms with Crippen molar-refractivity contribution < 1.29 is 0 Å². The molecule has 0 saturated carbocycles. The Morgan fingerprint density at radius 2 is 1.00 bits per heavy atom. The van der Waals surface area contributed by atoms with Gasteiger partial charge in [0, 0.05) is 0 Å². The Morgan fingerprint density at radius 1 is 0.800 bits per heavy atom. The first-order chi connectivity index (χ1) is 4.21. The molecule has 0 aliphatic carbocycles. The van der Waals surface area contributed by atoms with Crippen LogP contribution in [0.3, 0.4) is 0 Å². The second kappa shape index (κ2) is 3.88. The van der Waals surface area contributed by atoms with Crippen molar-refractivity contribution in [1.82, 2.24) is 0 Å². The van der Waals surface area contributed by atoms with Gasteiger partial charge in [-0.1, -0.05) is 0 Å². The van der Waals surface area contributed by atoms with E-state index < -0.39 is 24.7 Å². The fraction of sp³-hybridized carbons (Fsp3) is 0.667. The quantitative estimate of drug-likeness (QED) is 0.685.